The molecule has 0 atom stereocenters. The first-order valence-electron chi connectivity index (χ1n) is 8.57. The number of aromatic hydroxyl groups is 1. The van der Waals surface area contributed by atoms with Crippen molar-refractivity contribution in [3.8, 4) is 11.5 Å². The number of nitrogens with one attached hydrogen (secondary N) is 2. The minimum absolute atomic E-state index is 0.166. The van der Waals surface area contributed by atoms with E-state index in [1.165, 1.54) is 12.3 Å². The summed E-state index contributed by atoms with van der Waals surface area (Å²) in [6.07, 6.45) is 2.02. The van der Waals surface area contributed by atoms with Crippen molar-refractivity contribution >= 4 is 5.91 Å². The van der Waals surface area contributed by atoms with Gasteiger partial charge in [-0.2, -0.15) is 0 Å². The van der Waals surface area contributed by atoms with Crippen molar-refractivity contribution in [1.29, 1.82) is 0 Å². The number of ether oxygens (including phenoxy) is 1. The van der Waals surface area contributed by atoms with E-state index in [-0.39, 0.29) is 35.1 Å². The Morgan fingerprint density at radius 3 is 2.48 bits per heavy atom. The molecule has 3 rings (SSSR count). The van der Waals surface area contributed by atoms with E-state index >= 15 is 0 Å². The molecule has 27 heavy (non-hydrogen) atoms. The van der Waals surface area contributed by atoms with Gasteiger partial charge >= 0.3 is 0 Å². The second-order valence-corrected chi connectivity index (χ2v) is 6.02. The van der Waals surface area contributed by atoms with E-state index in [0.29, 0.717) is 13.0 Å². The summed E-state index contributed by atoms with van der Waals surface area (Å²) in [5.74, 6) is 0.00918. The van der Waals surface area contributed by atoms with Crippen LogP contribution in [0.1, 0.15) is 21.6 Å². The molecule has 3 N–H and O–H groups in total. The molecule has 0 saturated heterocycles. The Morgan fingerprint density at radius 2 is 1.78 bits per heavy atom. The molecule has 1 heterocycles. The van der Waals surface area contributed by atoms with Crippen LogP contribution in [0.25, 0.3) is 0 Å². The molecule has 6 heteroatoms. The average molecular weight is 364 g/mol. The minimum atomic E-state index is -0.361. The Morgan fingerprint density at radius 1 is 1.04 bits per heavy atom. The zero-order valence-electron chi connectivity index (χ0n) is 14.6. The molecule has 138 valence electrons. The molecule has 3 aromatic rings. The summed E-state index contributed by atoms with van der Waals surface area (Å²) in [5, 5.41) is 12.0. The number of benzene rings is 2. The number of rotatable bonds is 7. The number of pyridine rings is 1. The number of amides is 1. The summed E-state index contributed by atoms with van der Waals surface area (Å²) in [7, 11) is 0. The molecule has 0 unspecified atom stereocenters. The Kier molecular flexibility index (Phi) is 5.89. The minimum Gasteiger partial charge on any atom is -0.508 e. The Labute approximate surface area is 156 Å². The van der Waals surface area contributed by atoms with E-state index in [1.54, 1.807) is 24.3 Å². The third kappa shape index (κ3) is 5.22. The van der Waals surface area contributed by atoms with Gasteiger partial charge in [0.25, 0.3) is 5.91 Å². The smallest absolute Gasteiger partial charge is 0.267 e. The van der Waals surface area contributed by atoms with Crippen molar-refractivity contribution < 1.29 is 14.6 Å². The number of aromatic amines is 1. The van der Waals surface area contributed by atoms with Crippen LogP contribution in [0, 0.1) is 0 Å². The van der Waals surface area contributed by atoms with E-state index in [9.17, 15) is 14.7 Å². The maximum Gasteiger partial charge on any atom is 0.267 e. The summed E-state index contributed by atoms with van der Waals surface area (Å²) in [4.78, 5) is 27.1. The molecular weight excluding hydrogens is 344 g/mol. The lowest BCUT2D eigenvalue weighted by Crippen LogP contribution is -2.27. The molecule has 0 bridgehead atoms. The molecule has 0 aliphatic carbocycles. The van der Waals surface area contributed by atoms with Gasteiger partial charge < -0.3 is 20.1 Å². The van der Waals surface area contributed by atoms with E-state index < -0.39 is 0 Å². The lowest BCUT2D eigenvalue weighted by molar-refractivity contribution is 0.0949. The van der Waals surface area contributed by atoms with E-state index in [0.717, 1.165) is 11.1 Å². The number of carbonyl (C=O) groups is 1. The van der Waals surface area contributed by atoms with Crippen molar-refractivity contribution in [3.05, 3.63) is 93.9 Å². The average Bonchev–Trinajstić information content (AvgIpc) is 2.69. The largest absolute Gasteiger partial charge is 0.508 e. The van der Waals surface area contributed by atoms with Crippen LogP contribution in [0.3, 0.4) is 0 Å². The molecule has 0 fully saturated rings. The van der Waals surface area contributed by atoms with E-state index in [4.69, 9.17) is 4.74 Å². The second kappa shape index (κ2) is 8.71. The molecule has 0 spiro atoms. The fourth-order valence-electron chi connectivity index (χ4n) is 2.52. The van der Waals surface area contributed by atoms with Gasteiger partial charge in [-0.1, -0.05) is 42.5 Å². The van der Waals surface area contributed by atoms with Crippen LogP contribution in [0.2, 0.25) is 0 Å². The highest BCUT2D eigenvalue weighted by Gasteiger charge is 2.09. The van der Waals surface area contributed by atoms with Gasteiger partial charge in [-0.3, -0.25) is 9.59 Å². The molecule has 1 amide bonds. The summed E-state index contributed by atoms with van der Waals surface area (Å²) in [6, 6.07) is 17.5. The van der Waals surface area contributed by atoms with Crippen molar-refractivity contribution in [1.82, 2.24) is 10.3 Å². The van der Waals surface area contributed by atoms with Crippen molar-refractivity contribution in [2.45, 2.75) is 13.0 Å². The first-order valence-corrected chi connectivity index (χ1v) is 8.57. The van der Waals surface area contributed by atoms with Crippen molar-refractivity contribution in [2.75, 3.05) is 6.54 Å². The fourth-order valence-corrected chi connectivity index (χ4v) is 2.52. The van der Waals surface area contributed by atoms with Crippen LogP contribution in [0.15, 0.2) is 71.7 Å². The lowest BCUT2D eigenvalue weighted by Gasteiger charge is -2.08. The molecule has 1 aromatic heterocycles. The molecule has 2 aromatic carbocycles. The van der Waals surface area contributed by atoms with Crippen molar-refractivity contribution in [2.24, 2.45) is 0 Å². The first-order chi connectivity index (χ1) is 13.1. The molecule has 0 aliphatic rings. The van der Waals surface area contributed by atoms with E-state index in [2.05, 4.69) is 10.3 Å². The first kappa shape index (κ1) is 18.3. The van der Waals surface area contributed by atoms with Crippen LogP contribution in [0.4, 0.5) is 0 Å². The summed E-state index contributed by atoms with van der Waals surface area (Å²) in [6.45, 7) is 0.694. The number of carbonyl (C=O) groups excluding carboxylic acids is 1. The summed E-state index contributed by atoms with van der Waals surface area (Å²) >= 11 is 0. The molecular formula is C21H20N2O4. The highest BCUT2D eigenvalue weighted by atomic mass is 16.5. The van der Waals surface area contributed by atoms with E-state index in [1.807, 2.05) is 30.3 Å². The highest BCUT2D eigenvalue weighted by molar-refractivity contribution is 5.92. The second-order valence-electron chi connectivity index (χ2n) is 6.02. The SMILES string of the molecule is O=C(NCCc1ccc(O)cc1)c1cc(=O)c(OCc2ccccc2)c[nH]1. The van der Waals surface area contributed by atoms with Crippen LogP contribution in [-0.2, 0) is 13.0 Å². The topological polar surface area (TPSA) is 91.4 Å². The molecule has 0 radical (unpaired) electrons. The highest BCUT2D eigenvalue weighted by Crippen LogP contribution is 2.10. The third-order valence-electron chi connectivity index (χ3n) is 3.99. The number of hydrogen-bond acceptors (Lipinski definition) is 4. The maximum atomic E-state index is 12.2. The van der Waals surface area contributed by atoms with Crippen LogP contribution in [0.5, 0.6) is 11.5 Å². The summed E-state index contributed by atoms with van der Waals surface area (Å²) < 4.78 is 5.51. The van der Waals surface area contributed by atoms with Gasteiger partial charge in [0.05, 0.1) is 0 Å². The van der Waals surface area contributed by atoms with Crippen LogP contribution in [-0.4, -0.2) is 22.5 Å². The number of hydrogen-bond donors (Lipinski definition) is 3. The zero-order valence-corrected chi connectivity index (χ0v) is 14.6. The van der Waals surface area contributed by atoms with Gasteiger partial charge in [0.15, 0.2) is 5.75 Å². The number of phenolic OH excluding ortho intramolecular Hbond substituents is 1. The standard InChI is InChI=1S/C21H20N2O4/c24-17-8-6-15(7-9-17)10-11-22-21(26)18-12-19(25)20(13-23-18)27-14-16-4-2-1-3-5-16/h1-9,12-13,24H,10-11,14H2,(H,22,26)(H,23,25). The predicted molar refractivity (Wildman–Crippen MR) is 102 cm³/mol. The Balaban J connectivity index is 1.53. The van der Waals surface area contributed by atoms with Gasteiger partial charge in [0, 0.05) is 18.8 Å². The number of phenols is 1. The van der Waals surface area contributed by atoms with Gasteiger partial charge in [-0.15, -0.1) is 0 Å². The molecule has 0 aliphatic heterocycles. The zero-order chi connectivity index (χ0) is 19.1. The van der Waals surface area contributed by atoms with Gasteiger partial charge in [-0.25, -0.2) is 0 Å². The lowest BCUT2D eigenvalue weighted by atomic mass is 10.1. The molecule has 0 saturated carbocycles. The summed E-state index contributed by atoms with van der Waals surface area (Å²) in [5.41, 5.74) is 1.77. The molecule has 6 nitrogen and oxygen atoms in total. The quantitative estimate of drug-likeness (QED) is 0.601. The monoisotopic (exact) mass is 364 g/mol. The van der Waals surface area contributed by atoms with Crippen LogP contribution < -0.4 is 15.5 Å². The number of H-pyrrole nitrogens is 1. The fraction of sp³-hybridized carbons (Fsp3) is 0.143. The van der Waals surface area contributed by atoms with Gasteiger partial charge in [-0.05, 0) is 29.7 Å². The predicted octanol–water partition coefficient (Wildman–Crippen LogP) is 2.63. The maximum absolute atomic E-state index is 12.2. The van der Waals surface area contributed by atoms with Crippen LogP contribution >= 0.6 is 0 Å². The number of aromatic nitrogens is 1. The third-order valence-corrected chi connectivity index (χ3v) is 3.99. The normalized spacial score (nSPS) is 10.4. The van der Waals surface area contributed by atoms with Crippen molar-refractivity contribution in [3.63, 3.8) is 0 Å². The Hall–Kier alpha value is -3.54. The van der Waals surface area contributed by atoms with Gasteiger partial charge in [0.1, 0.15) is 18.1 Å². The van der Waals surface area contributed by atoms with Gasteiger partial charge in [0.2, 0.25) is 5.43 Å². The Bertz CT molecular complexity index is 950.